The van der Waals surface area contributed by atoms with E-state index in [4.69, 9.17) is 9.15 Å². The third-order valence-electron chi connectivity index (χ3n) is 3.53. The van der Waals surface area contributed by atoms with Gasteiger partial charge in [0, 0.05) is 5.56 Å². The Morgan fingerprint density at radius 3 is 2.17 bits per heavy atom. The highest BCUT2D eigenvalue weighted by molar-refractivity contribution is 5.77. The summed E-state index contributed by atoms with van der Waals surface area (Å²) in [5, 5.41) is 0. The molecule has 0 saturated heterocycles. The molecular formula is C21H18O2. The van der Waals surface area contributed by atoms with Crippen molar-refractivity contribution in [3.63, 3.8) is 0 Å². The zero-order valence-electron chi connectivity index (χ0n) is 13.0. The molecule has 3 aromatic rings. The van der Waals surface area contributed by atoms with Crippen LogP contribution in [0, 0.1) is 0 Å². The second-order valence-electron chi connectivity index (χ2n) is 5.09. The first-order valence-corrected chi connectivity index (χ1v) is 7.48. The molecule has 23 heavy (non-hydrogen) atoms. The molecule has 114 valence electrons. The molecule has 0 amide bonds. The van der Waals surface area contributed by atoms with Crippen LogP contribution in [0.3, 0.4) is 0 Å². The van der Waals surface area contributed by atoms with Crippen molar-refractivity contribution < 1.29 is 9.15 Å². The van der Waals surface area contributed by atoms with E-state index in [1.165, 1.54) is 5.56 Å². The minimum absolute atomic E-state index is 0.841. The molecular weight excluding hydrogens is 284 g/mol. The first-order chi connectivity index (χ1) is 11.3. The lowest BCUT2D eigenvalue weighted by atomic mass is 10.1. The molecule has 0 saturated carbocycles. The average molecular weight is 302 g/mol. The number of rotatable bonds is 5. The number of benzene rings is 2. The summed E-state index contributed by atoms with van der Waals surface area (Å²) >= 11 is 0. The van der Waals surface area contributed by atoms with E-state index in [0.717, 1.165) is 22.6 Å². The van der Waals surface area contributed by atoms with Crippen LogP contribution in [-0.2, 0) is 0 Å². The highest BCUT2D eigenvalue weighted by Gasteiger charge is 1.99. The van der Waals surface area contributed by atoms with E-state index >= 15 is 0 Å². The standard InChI is InChI=1S/C21H18O2/c1-22-20-12-8-18(9-13-20)10-14-21-19(15-16-23-21)11-7-17-5-3-2-4-6-17/h2-16H,1H3/b11-7+,14-10+. The van der Waals surface area contributed by atoms with E-state index in [-0.39, 0.29) is 0 Å². The van der Waals surface area contributed by atoms with Crippen LogP contribution in [0.15, 0.2) is 71.3 Å². The van der Waals surface area contributed by atoms with Crippen LogP contribution in [-0.4, -0.2) is 7.11 Å². The second-order valence-corrected chi connectivity index (χ2v) is 5.09. The molecule has 2 aromatic carbocycles. The molecule has 1 aromatic heterocycles. The third kappa shape index (κ3) is 4.01. The molecule has 1 heterocycles. The predicted molar refractivity (Wildman–Crippen MR) is 96.0 cm³/mol. The Morgan fingerprint density at radius 1 is 0.739 bits per heavy atom. The fourth-order valence-electron chi connectivity index (χ4n) is 2.24. The summed E-state index contributed by atoms with van der Waals surface area (Å²) in [5.41, 5.74) is 3.32. The van der Waals surface area contributed by atoms with Gasteiger partial charge in [0.1, 0.15) is 11.5 Å². The number of ether oxygens (including phenoxy) is 1. The molecule has 3 rings (SSSR count). The van der Waals surface area contributed by atoms with Crippen molar-refractivity contribution in [1.29, 1.82) is 0 Å². The van der Waals surface area contributed by atoms with Crippen LogP contribution >= 0.6 is 0 Å². The monoisotopic (exact) mass is 302 g/mol. The zero-order chi connectivity index (χ0) is 15.9. The van der Waals surface area contributed by atoms with E-state index in [0.29, 0.717) is 0 Å². The number of hydrogen-bond donors (Lipinski definition) is 0. The molecule has 0 aliphatic carbocycles. The third-order valence-corrected chi connectivity index (χ3v) is 3.53. The highest BCUT2D eigenvalue weighted by atomic mass is 16.5. The van der Waals surface area contributed by atoms with Gasteiger partial charge in [0.2, 0.25) is 0 Å². The minimum Gasteiger partial charge on any atom is -0.497 e. The molecule has 0 spiro atoms. The van der Waals surface area contributed by atoms with Crippen LogP contribution in [0.25, 0.3) is 24.3 Å². The fraction of sp³-hybridized carbons (Fsp3) is 0.0476. The Morgan fingerprint density at radius 2 is 1.43 bits per heavy atom. The number of furan rings is 1. The van der Waals surface area contributed by atoms with Gasteiger partial charge in [0.05, 0.1) is 13.4 Å². The van der Waals surface area contributed by atoms with E-state index < -0.39 is 0 Å². The summed E-state index contributed by atoms with van der Waals surface area (Å²) in [6.45, 7) is 0. The van der Waals surface area contributed by atoms with Crippen molar-refractivity contribution in [1.82, 2.24) is 0 Å². The minimum atomic E-state index is 0.841. The van der Waals surface area contributed by atoms with Crippen molar-refractivity contribution in [3.8, 4) is 5.75 Å². The first-order valence-electron chi connectivity index (χ1n) is 7.48. The highest BCUT2D eigenvalue weighted by Crippen LogP contribution is 2.19. The van der Waals surface area contributed by atoms with Crippen molar-refractivity contribution in [2.45, 2.75) is 0 Å². The smallest absolute Gasteiger partial charge is 0.133 e. The summed E-state index contributed by atoms with van der Waals surface area (Å²) in [7, 11) is 1.67. The van der Waals surface area contributed by atoms with E-state index in [2.05, 4.69) is 24.3 Å². The van der Waals surface area contributed by atoms with Crippen LogP contribution < -0.4 is 4.74 Å². The lowest BCUT2D eigenvalue weighted by Crippen LogP contribution is -1.81. The molecule has 2 heteroatoms. The van der Waals surface area contributed by atoms with Crippen LogP contribution in [0.2, 0.25) is 0 Å². The van der Waals surface area contributed by atoms with Gasteiger partial charge >= 0.3 is 0 Å². The Hall–Kier alpha value is -3.00. The van der Waals surface area contributed by atoms with Crippen molar-refractivity contribution in [3.05, 3.63) is 89.4 Å². The lowest BCUT2D eigenvalue weighted by Gasteiger charge is -1.99. The maximum absolute atomic E-state index is 5.56. The molecule has 0 radical (unpaired) electrons. The Bertz CT molecular complexity index is 793. The topological polar surface area (TPSA) is 22.4 Å². The van der Waals surface area contributed by atoms with E-state index in [1.807, 2.05) is 60.7 Å². The number of hydrogen-bond acceptors (Lipinski definition) is 2. The summed E-state index contributed by atoms with van der Waals surface area (Å²) in [6, 6.07) is 20.1. The van der Waals surface area contributed by atoms with Crippen LogP contribution in [0.1, 0.15) is 22.5 Å². The molecule has 0 unspecified atom stereocenters. The maximum Gasteiger partial charge on any atom is 0.133 e. The Labute approximate surface area is 136 Å². The van der Waals surface area contributed by atoms with Crippen LogP contribution in [0.5, 0.6) is 5.75 Å². The van der Waals surface area contributed by atoms with Crippen LogP contribution in [0.4, 0.5) is 0 Å². The summed E-state index contributed by atoms with van der Waals surface area (Å²) in [6.07, 6.45) is 9.85. The van der Waals surface area contributed by atoms with Crippen molar-refractivity contribution >= 4 is 24.3 Å². The molecule has 0 N–H and O–H groups in total. The van der Waals surface area contributed by atoms with Gasteiger partial charge in [-0.1, -0.05) is 60.7 Å². The van der Waals surface area contributed by atoms with Crippen molar-refractivity contribution in [2.24, 2.45) is 0 Å². The largest absolute Gasteiger partial charge is 0.497 e. The van der Waals surface area contributed by atoms with Gasteiger partial charge in [-0.2, -0.15) is 0 Å². The predicted octanol–water partition coefficient (Wildman–Crippen LogP) is 5.63. The molecule has 0 bridgehead atoms. The fourth-order valence-corrected chi connectivity index (χ4v) is 2.24. The maximum atomic E-state index is 5.56. The average Bonchev–Trinajstić information content (AvgIpc) is 3.07. The first kappa shape index (κ1) is 14.9. The van der Waals surface area contributed by atoms with Gasteiger partial charge in [-0.05, 0) is 35.4 Å². The van der Waals surface area contributed by atoms with E-state index in [9.17, 15) is 0 Å². The Balaban J connectivity index is 1.75. The van der Waals surface area contributed by atoms with Gasteiger partial charge in [0.15, 0.2) is 0 Å². The summed E-state index contributed by atoms with van der Waals surface area (Å²) in [5.74, 6) is 1.69. The lowest BCUT2D eigenvalue weighted by molar-refractivity contribution is 0.415. The summed E-state index contributed by atoms with van der Waals surface area (Å²) in [4.78, 5) is 0. The van der Waals surface area contributed by atoms with E-state index in [1.54, 1.807) is 13.4 Å². The van der Waals surface area contributed by atoms with Gasteiger partial charge in [-0.3, -0.25) is 0 Å². The van der Waals surface area contributed by atoms with Gasteiger partial charge < -0.3 is 9.15 Å². The molecule has 0 aliphatic rings. The SMILES string of the molecule is COc1ccc(/C=C/c2occc2/C=C/c2ccccc2)cc1. The molecule has 2 nitrogen and oxygen atoms in total. The Kier molecular flexibility index (Phi) is 4.75. The molecule has 0 aliphatic heterocycles. The molecule has 0 fully saturated rings. The normalized spacial score (nSPS) is 11.3. The zero-order valence-corrected chi connectivity index (χ0v) is 13.0. The van der Waals surface area contributed by atoms with Gasteiger partial charge in [-0.15, -0.1) is 0 Å². The van der Waals surface area contributed by atoms with Gasteiger partial charge in [-0.25, -0.2) is 0 Å². The number of methoxy groups -OCH3 is 1. The summed E-state index contributed by atoms with van der Waals surface area (Å²) < 4.78 is 10.7. The van der Waals surface area contributed by atoms with Crippen molar-refractivity contribution in [2.75, 3.05) is 7.11 Å². The molecule has 0 atom stereocenters. The van der Waals surface area contributed by atoms with Gasteiger partial charge in [0.25, 0.3) is 0 Å². The second kappa shape index (κ2) is 7.32. The quantitative estimate of drug-likeness (QED) is 0.609.